The SMILES string of the molecule is CCN(C)c1nc(NCC2CCC(CNS(=O)(=O)c3ccccc3)CC2)nc2ccccc12. The van der Waals surface area contributed by atoms with Crippen molar-refractivity contribution in [3.05, 3.63) is 54.6 Å². The Kier molecular flexibility index (Phi) is 7.45. The van der Waals surface area contributed by atoms with Crippen LogP contribution >= 0.6 is 0 Å². The number of hydrogen-bond acceptors (Lipinski definition) is 6. The van der Waals surface area contributed by atoms with Gasteiger partial charge in [0.2, 0.25) is 16.0 Å². The van der Waals surface area contributed by atoms with Crippen LogP contribution < -0.4 is 14.9 Å². The molecule has 0 aliphatic heterocycles. The summed E-state index contributed by atoms with van der Waals surface area (Å²) in [5.41, 5.74) is 0.944. The van der Waals surface area contributed by atoms with E-state index in [1.807, 2.05) is 31.3 Å². The van der Waals surface area contributed by atoms with Gasteiger partial charge < -0.3 is 10.2 Å². The second-order valence-corrected chi connectivity index (χ2v) is 10.6. The minimum absolute atomic E-state index is 0.325. The van der Waals surface area contributed by atoms with Gasteiger partial charge in [-0.1, -0.05) is 30.3 Å². The zero-order chi connectivity index (χ0) is 23.3. The van der Waals surface area contributed by atoms with Gasteiger partial charge in [-0.3, -0.25) is 0 Å². The highest BCUT2D eigenvalue weighted by Gasteiger charge is 2.23. The quantitative estimate of drug-likeness (QED) is 0.488. The molecule has 2 aromatic carbocycles. The van der Waals surface area contributed by atoms with E-state index in [-0.39, 0.29) is 0 Å². The molecular weight excluding hydrogens is 434 g/mol. The number of sulfonamides is 1. The minimum Gasteiger partial charge on any atom is -0.359 e. The largest absolute Gasteiger partial charge is 0.359 e. The van der Waals surface area contributed by atoms with E-state index in [2.05, 4.69) is 27.9 Å². The lowest BCUT2D eigenvalue weighted by atomic mass is 9.82. The Hall–Kier alpha value is -2.71. The number of hydrogen-bond donors (Lipinski definition) is 2. The summed E-state index contributed by atoms with van der Waals surface area (Å²) in [6, 6.07) is 16.7. The number of rotatable bonds is 9. The van der Waals surface area contributed by atoms with Crippen molar-refractivity contribution in [2.24, 2.45) is 11.8 Å². The predicted molar refractivity (Wildman–Crippen MR) is 134 cm³/mol. The molecule has 1 aliphatic carbocycles. The standard InChI is InChI=1S/C25H33N5O2S/c1-3-30(2)24-22-11-7-8-12-23(22)28-25(29-24)26-17-19-13-15-20(16-14-19)18-27-33(31,32)21-9-5-4-6-10-21/h4-12,19-20,27H,3,13-18H2,1-2H3,(H,26,28,29). The van der Waals surface area contributed by atoms with Crippen molar-refractivity contribution >= 4 is 32.7 Å². The smallest absolute Gasteiger partial charge is 0.240 e. The number of aromatic nitrogens is 2. The van der Waals surface area contributed by atoms with Crippen LogP contribution in [0.2, 0.25) is 0 Å². The van der Waals surface area contributed by atoms with E-state index >= 15 is 0 Å². The Morgan fingerprint density at radius 1 is 0.909 bits per heavy atom. The van der Waals surface area contributed by atoms with Crippen molar-refractivity contribution in [2.75, 3.05) is 36.9 Å². The van der Waals surface area contributed by atoms with Crippen LogP contribution in [0.4, 0.5) is 11.8 Å². The van der Waals surface area contributed by atoms with E-state index in [0.29, 0.717) is 29.2 Å². The molecule has 33 heavy (non-hydrogen) atoms. The van der Waals surface area contributed by atoms with Crippen LogP contribution in [-0.4, -0.2) is 45.1 Å². The summed E-state index contributed by atoms with van der Waals surface area (Å²) in [4.78, 5) is 12.0. The van der Waals surface area contributed by atoms with Gasteiger partial charge in [0, 0.05) is 32.1 Å². The van der Waals surface area contributed by atoms with Crippen LogP contribution in [0.1, 0.15) is 32.6 Å². The fourth-order valence-corrected chi connectivity index (χ4v) is 5.50. The number of para-hydroxylation sites is 1. The first kappa shape index (κ1) is 23.4. The van der Waals surface area contributed by atoms with Crippen LogP contribution in [0.15, 0.2) is 59.5 Å². The fourth-order valence-electron chi connectivity index (χ4n) is 4.37. The zero-order valence-corrected chi connectivity index (χ0v) is 20.2. The molecular formula is C25H33N5O2S. The van der Waals surface area contributed by atoms with E-state index in [1.54, 1.807) is 24.3 Å². The second-order valence-electron chi connectivity index (χ2n) is 8.83. The zero-order valence-electron chi connectivity index (χ0n) is 19.4. The van der Waals surface area contributed by atoms with Gasteiger partial charge in [0.25, 0.3) is 0 Å². The average Bonchev–Trinajstić information content (AvgIpc) is 2.86. The molecule has 3 aromatic rings. The molecule has 0 atom stereocenters. The molecule has 2 N–H and O–H groups in total. The molecule has 1 aliphatic rings. The third kappa shape index (κ3) is 5.81. The minimum atomic E-state index is -3.43. The first-order valence-corrected chi connectivity index (χ1v) is 13.2. The average molecular weight is 468 g/mol. The summed E-state index contributed by atoms with van der Waals surface area (Å²) < 4.78 is 27.7. The van der Waals surface area contributed by atoms with Crippen LogP contribution in [-0.2, 0) is 10.0 Å². The first-order valence-electron chi connectivity index (χ1n) is 11.7. The molecule has 1 saturated carbocycles. The van der Waals surface area contributed by atoms with Crippen LogP contribution in [0, 0.1) is 11.8 Å². The van der Waals surface area contributed by atoms with Gasteiger partial charge in [-0.2, -0.15) is 4.98 Å². The first-order chi connectivity index (χ1) is 16.0. The lowest BCUT2D eigenvalue weighted by molar-refractivity contribution is 0.284. The van der Waals surface area contributed by atoms with Crippen molar-refractivity contribution in [1.82, 2.24) is 14.7 Å². The highest BCUT2D eigenvalue weighted by atomic mass is 32.2. The van der Waals surface area contributed by atoms with Gasteiger partial charge in [0.05, 0.1) is 10.4 Å². The lowest BCUT2D eigenvalue weighted by Crippen LogP contribution is -2.32. The third-order valence-electron chi connectivity index (χ3n) is 6.55. The summed E-state index contributed by atoms with van der Waals surface area (Å²) in [5.74, 6) is 2.53. The maximum atomic E-state index is 12.5. The predicted octanol–water partition coefficient (Wildman–Crippen LogP) is 4.28. The Labute approximate surface area is 196 Å². The Balaban J connectivity index is 1.30. The summed E-state index contributed by atoms with van der Waals surface area (Å²) >= 11 is 0. The molecule has 0 amide bonds. The second kappa shape index (κ2) is 10.5. The van der Waals surface area contributed by atoms with Gasteiger partial charge in [-0.25, -0.2) is 18.1 Å². The molecule has 7 nitrogen and oxygen atoms in total. The molecule has 8 heteroatoms. The van der Waals surface area contributed by atoms with Crippen molar-refractivity contribution < 1.29 is 8.42 Å². The van der Waals surface area contributed by atoms with E-state index < -0.39 is 10.0 Å². The number of anilines is 2. The van der Waals surface area contributed by atoms with Gasteiger partial charge in [0.1, 0.15) is 5.82 Å². The van der Waals surface area contributed by atoms with Crippen molar-refractivity contribution in [1.29, 1.82) is 0 Å². The fraction of sp³-hybridized carbons (Fsp3) is 0.440. The summed E-state index contributed by atoms with van der Waals surface area (Å²) in [5, 5.41) is 4.52. The van der Waals surface area contributed by atoms with Gasteiger partial charge >= 0.3 is 0 Å². The van der Waals surface area contributed by atoms with E-state index in [4.69, 9.17) is 9.97 Å². The number of fused-ring (bicyclic) bond motifs is 1. The molecule has 4 rings (SSSR count). The number of benzene rings is 2. The molecule has 0 radical (unpaired) electrons. The molecule has 0 saturated heterocycles. The molecule has 1 heterocycles. The molecule has 0 unspecified atom stereocenters. The summed E-state index contributed by atoms with van der Waals surface area (Å²) in [7, 11) is -1.39. The molecule has 0 spiro atoms. The monoisotopic (exact) mass is 467 g/mol. The maximum Gasteiger partial charge on any atom is 0.240 e. The van der Waals surface area contributed by atoms with Crippen molar-refractivity contribution in [3.63, 3.8) is 0 Å². The molecule has 0 bridgehead atoms. The number of nitrogens with zero attached hydrogens (tertiary/aromatic N) is 3. The van der Waals surface area contributed by atoms with Gasteiger partial charge in [-0.15, -0.1) is 0 Å². The highest BCUT2D eigenvalue weighted by molar-refractivity contribution is 7.89. The van der Waals surface area contributed by atoms with Gasteiger partial charge in [-0.05, 0) is 68.7 Å². The van der Waals surface area contributed by atoms with E-state index in [0.717, 1.165) is 55.5 Å². The van der Waals surface area contributed by atoms with Crippen LogP contribution in [0.25, 0.3) is 10.9 Å². The third-order valence-corrected chi connectivity index (χ3v) is 7.99. The Morgan fingerprint density at radius 2 is 1.55 bits per heavy atom. The normalized spacial score (nSPS) is 18.8. The van der Waals surface area contributed by atoms with Gasteiger partial charge in [0.15, 0.2) is 0 Å². The molecule has 176 valence electrons. The lowest BCUT2D eigenvalue weighted by Gasteiger charge is -2.29. The Bertz CT molecular complexity index is 1160. The van der Waals surface area contributed by atoms with Crippen molar-refractivity contribution in [2.45, 2.75) is 37.5 Å². The molecule has 1 aromatic heterocycles. The summed E-state index contributed by atoms with van der Waals surface area (Å²) in [6.45, 7) is 4.31. The van der Waals surface area contributed by atoms with E-state index in [9.17, 15) is 8.42 Å². The van der Waals surface area contributed by atoms with Crippen molar-refractivity contribution in [3.8, 4) is 0 Å². The summed E-state index contributed by atoms with van der Waals surface area (Å²) in [6.07, 6.45) is 4.18. The van der Waals surface area contributed by atoms with E-state index in [1.165, 1.54) is 0 Å². The number of nitrogens with one attached hydrogen (secondary N) is 2. The maximum absolute atomic E-state index is 12.5. The van der Waals surface area contributed by atoms with Crippen LogP contribution in [0.3, 0.4) is 0 Å². The highest BCUT2D eigenvalue weighted by Crippen LogP contribution is 2.29. The van der Waals surface area contributed by atoms with Crippen LogP contribution in [0.5, 0.6) is 0 Å². The topological polar surface area (TPSA) is 87.2 Å². The molecule has 1 fully saturated rings. The Morgan fingerprint density at radius 3 is 2.24 bits per heavy atom.